The van der Waals surface area contributed by atoms with Crippen molar-refractivity contribution in [2.45, 2.75) is 52.0 Å². The molecular weight excluding hydrogens is 196 g/mol. The molecule has 0 aromatic rings. The summed E-state index contributed by atoms with van der Waals surface area (Å²) in [7, 11) is 0. The number of rotatable bonds is 6. The number of nitrogens with zero attached hydrogens (tertiary/aromatic N) is 1. The molecule has 1 heterocycles. The fourth-order valence-electron chi connectivity index (χ4n) is 3.65. The van der Waals surface area contributed by atoms with Gasteiger partial charge in [-0.15, -0.1) is 0 Å². The van der Waals surface area contributed by atoms with Crippen molar-refractivity contribution in [3.05, 3.63) is 0 Å². The van der Waals surface area contributed by atoms with Gasteiger partial charge in [-0.05, 0) is 62.9 Å². The van der Waals surface area contributed by atoms with Crippen LogP contribution < -0.4 is 5.73 Å². The molecular formula is C14H28N2. The third-order valence-corrected chi connectivity index (χ3v) is 4.49. The van der Waals surface area contributed by atoms with E-state index >= 15 is 0 Å². The summed E-state index contributed by atoms with van der Waals surface area (Å²) in [6, 6.07) is 0.933. The van der Waals surface area contributed by atoms with Gasteiger partial charge in [-0.2, -0.15) is 0 Å². The van der Waals surface area contributed by atoms with Crippen LogP contribution >= 0.6 is 0 Å². The molecule has 0 aromatic carbocycles. The highest BCUT2D eigenvalue weighted by molar-refractivity contribution is 4.92. The maximum absolute atomic E-state index is 5.86. The minimum absolute atomic E-state index is 0.749. The Kier molecular flexibility index (Phi) is 4.26. The van der Waals surface area contributed by atoms with Crippen molar-refractivity contribution in [1.82, 2.24) is 4.90 Å². The molecule has 1 saturated carbocycles. The molecule has 3 atom stereocenters. The normalized spacial score (nSPS) is 31.5. The van der Waals surface area contributed by atoms with Crippen LogP contribution in [0.4, 0.5) is 0 Å². The van der Waals surface area contributed by atoms with E-state index in [0.29, 0.717) is 0 Å². The second-order valence-corrected chi connectivity index (χ2v) is 6.35. The Bertz CT molecular complexity index is 215. The Labute approximate surface area is 101 Å². The van der Waals surface area contributed by atoms with E-state index in [2.05, 4.69) is 18.7 Å². The molecule has 94 valence electrons. The summed E-state index contributed by atoms with van der Waals surface area (Å²) in [6.45, 7) is 8.17. The first-order valence-electron chi connectivity index (χ1n) is 7.13. The molecule has 2 bridgehead atoms. The molecule has 2 rings (SSSR count). The molecule has 1 aliphatic heterocycles. The van der Waals surface area contributed by atoms with Crippen LogP contribution in [0.3, 0.4) is 0 Å². The zero-order valence-electron chi connectivity index (χ0n) is 11.0. The highest BCUT2D eigenvalue weighted by Gasteiger charge is 2.37. The minimum Gasteiger partial charge on any atom is -0.330 e. The molecule has 2 heteroatoms. The van der Waals surface area contributed by atoms with Crippen LogP contribution in [0.1, 0.15) is 46.0 Å². The molecule has 0 radical (unpaired) electrons. The van der Waals surface area contributed by atoms with E-state index < -0.39 is 0 Å². The number of likely N-dealkylation sites (tertiary alicyclic amines) is 1. The van der Waals surface area contributed by atoms with E-state index in [9.17, 15) is 0 Å². The number of fused-ring (bicyclic) bond motifs is 2. The molecule has 0 aromatic heterocycles. The largest absolute Gasteiger partial charge is 0.330 e. The smallest absolute Gasteiger partial charge is 0.00985 e. The zero-order chi connectivity index (χ0) is 11.5. The Morgan fingerprint density at radius 1 is 1.31 bits per heavy atom. The Morgan fingerprint density at radius 3 is 2.62 bits per heavy atom. The van der Waals surface area contributed by atoms with Crippen molar-refractivity contribution in [1.29, 1.82) is 0 Å². The highest BCUT2D eigenvalue weighted by Crippen LogP contribution is 2.37. The van der Waals surface area contributed by atoms with Crippen LogP contribution in [0.2, 0.25) is 0 Å². The van der Waals surface area contributed by atoms with E-state index in [0.717, 1.165) is 30.3 Å². The number of hydrogen-bond donors (Lipinski definition) is 1. The van der Waals surface area contributed by atoms with Crippen LogP contribution in [0.5, 0.6) is 0 Å². The molecule has 0 spiro atoms. The van der Waals surface area contributed by atoms with Crippen LogP contribution in [0, 0.1) is 17.8 Å². The summed E-state index contributed by atoms with van der Waals surface area (Å²) in [5.74, 6) is 2.58. The van der Waals surface area contributed by atoms with E-state index in [1.165, 1.54) is 45.2 Å². The molecule has 2 N–H and O–H groups in total. The lowest BCUT2D eigenvalue weighted by Gasteiger charge is -2.28. The topological polar surface area (TPSA) is 29.3 Å². The standard InChI is InChI=1S/C14H28N2/c1-11(2)7-12(9-15)5-6-16-10-13-3-4-14(16)8-13/h11-14H,3-10,15H2,1-2H3. The van der Waals surface area contributed by atoms with Crippen molar-refractivity contribution in [3.63, 3.8) is 0 Å². The first kappa shape index (κ1) is 12.4. The van der Waals surface area contributed by atoms with Crippen molar-refractivity contribution >= 4 is 0 Å². The summed E-state index contributed by atoms with van der Waals surface area (Å²) in [5, 5.41) is 0. The van der Waals surface area contributed by atoms with Crippen LogP contribution in [-0.2, 0) is 0 Å². The molecule has 2 nitrogen and oxygen atoms in total. The van der Waals surface area contributed by atoms with E-state index in [4.69, 9.17) is 5.73 Å². The summed E-state index contributed by atoms with van der Waals surface area (Å²) in [5.41, 5.74) is 5.86. The molecule has 1 saturated heterocycles. The first-order chi connectivity index (χ1) is 7.69. The summed E-state index contributed by atoms with van der Waals surface area (Å²) >= 11 is 0. The maximum atomic E-state index is 5.86. The van der Waals surface area contributed by atoms with Gasteiger partial charge in [-0.25, -0.2) is 0 Å². The molecule has 2 fully saturated rings. The zero-order valence-corrected chi connectivity index (χ0v) is 11.0. The SMILES string of the molecule is CC(C)CC(CN)CCN1CC2CCC1C2. The molecule has 16 heavy (non-hydrogen) atoms. The average Bonchev–Trinajstić information content (AvgIpc) is 2.85. The van der Waals surface area contributed by atoms with E-state index in [-0.39, 0.29) is 0 Å². The van der Waals surface area contributed by atoms with Gasteiger partial charge in [-0.3, -0.25) is 0 Å². The molecule has 1 aliphatic carbocycles. The van der Waals surface area contributed by atoms with Crippen LogP contribution in [0.15, 0.2) is 0 Å². The Balaban J connectivity index is 1.70. The second-order valence-electron chi connectivity index (χ2n) is 6.35. The predicted octanol–water partition coefficient (Wildman–Crippen LogP) is 2.48. The van der Waals surface area contributed by atoms with Gasteiger partial charge in [0.15, 0.2) is 0 Å². The van der Waals surface area contributed by atoms with Crippen molar-refractivity contribution in [2.75, 3.05) is 19.6 Å². The van der Waals surface area contributed by atoms with E-state index in [1.54, 1.807) is 0 Å². The van der Waals surface area contributed by atoms with E-state index in [1.807, 2.05) is 0 Å². The predicted molar refractivity (Wildman–Crippen MR) is 69.3 cm³/mol. The third kappa shape index (κ3) is 2.98. The third-order valence-electron chi connectivity index (χ3n) is 4.49. The van der Waals surface area contributed by atoms with Gasteiger partial charge in [0.1, 0.15) is 0 Å². The van der Waals surface area contributed by atoms with Crippen molar-refractivity contribution < 1.29 is 0 Å². The fourth-order valence-corrected chi connectivity index (χ4v) is 3.65. The first-order valence-corrected chi connectivity index (χ1v) is 7.13. The van der Waals surface area contributed by atoms with Crippen molar-refractivity contribution in [3.8, 4) is 0 Å². The number of piperidine rings is 1. The lowest BCUT2D eigenvalue weighted by atomic mass is 9.94. The van der Waals surface area contributed by atoms with Gasteiger partial charge in [0.05, 0.1) is 0 Å². The molecule has 0 amide bonds. The summed E-state index contributed by atoms with van der Waals surface area (Å²) in [4.78, 5) is 2.73. The number of hydrogen-bond acceptors (Lipinski definition) is 2. The Morgan fingerprint density at radius 2 is 2.12 bits per heavy atom. The lowest BCUT2D eigenvalue weighted by Crippen LogP contribution is -2.34. The lowest BCUT2D eigenvalue weighted by molar-refractivity contribution is 0.194. The second kappa shape index (κ2) is 5.50. The van der Waals surface area contributed by atoms with Gasteiger partial charge in [-0.1, -0.05) is 13.8 Å². The van der Waals surface area contributed by atoms with Gasteiger partial charge in [0.25, 0.3) is 0 Å². The summed E-state index contributed by atoms with van der Waals surface area (Å²) in [6.07, 6.45) is 7.06. The van der Waals surface area contributed by atoms with Gasteiger partial charge < -0.3 is 10.6 Å². The van der Waals surface area contributed by atoms with Crippen LogP contribution in [0.25, 0.3) is 0 Å². The van der Waals surface area contributed by atoms with Gasteiger partial charge in [0.2, 0.25) is 0 Å². The van der Waals surface area contributed by atoms with Crippen molar-refractivity contribution in [2.24, 2.45) is 23.5 Å². The fraction of sp³-hybridized carbons (Fsp3) is 1.00. The molecule has 3 unspecified atom stereocenters. The highest BCUT2D eigenvalue weighted by atomic mass is 15.2. The Hall–Kier alpha value is -0.0800. The quantitative estimate of drug-likeness (QED) is 0.751. The van der Waals surface area contributed by atoms with Crippen LogP contribution in [-0.4, -0.2) is 30.6 Å². The van der Waals surface area contributed by atoms with Gasteiger partial charge in [0, 0.05) is 12.6 Å². The number of nitrogens with two attached hydrogens (primary N) is 1. The molecule has 2 aliphatic rings. The monoisotopic (exact) mass is 224 g/mol. The summed E-state index contributed by atoms with van der Waals surface area (Å²) < 4.78 is 0. The minimum atomic E-state index is 0.749. The maximum Gasteiger partial charge on any atom is 0.00985 e. The van der Waals surface area contributed by atoms with Gasteiger partial charge >= 0.3 is 0 Å². The average molecular weight is 224 g/mol.